The molecular weight excluding hydrogens is 468 g/mol. The second-order valence-corrected chi connectivity index (χ2v) is 12.7. The molecule has 0 saturated carbocycles. The van der Waals surface area contributed by atoms with Gasteiger partial charge in [-0.1, -0.05) is 72.7 Å². The number of aryl methyl sites for hydroxylation is 1. The van der Waals surface area contributed by atoms with E-state index in [-0.39, 0.29) is 17.3 Å². The number of benzene rings is 1. The van der Waals surface area contributed by atoms with E-state index in [1.54, 1.807) is 0 Å². The van der Waals surface area contributed by atoms with Gasteiger partial charge in [0.05, 0.1) is 11.9 Å². The fourth-order valence-electron chi connectivity index (χ4n) is 5.25. The second kappa shape index (κ2) is 13.3. The van der Waals surface area contributed by atoms with Crippen molar-refractivity contribution < 1.29 is 17.7 Å². The Balaban J connectivity index is 3.31. The molecule has 0 aromatic heterocycles. The molecule has 0 spiro atoms. The van der Waals surface area contributed by atoms with Gasteiger partial charge in [0.15, 0.2) is 0 Å². The van der Waals surface area contributed by atoms with Crippen LogP contribution in [0.15, 0.2) is 41.7 Å². The molecule has 36 heavy (non-hydrogen) atoms. The third-order valence-electron chi connectivity index (χ3n) is 8.87. The SMILES string of the molecule is CC/C(C)=C(\C=C/C(C)C(CC)(CC)c1ccc(CC(C)C(C)C(C)(O)CC)c(C)c1)OS(C)(=O)=O. The summed E-state index contributed by atoms with van der Waals surface area (Å²) in [5.41, 5.74) is 4.12. The van der Waals surface area contributed by atoms with E-state index in [2.05, 4.69) is 65.8 Å². The lowest BCUT2D eigenvalue weighted by Gasteiger charge is -2.38. The van der Waals surface area contributed by atoms with Crippen LogP contribution in [0.5, 0.6) is 0 Å². The van der Waals surface area contributed by atoms with Crippen LogP contribution in [0.2, 0.25) is 0 Å². The molecule has 0 saturated heterocycles. The van der Waals surface area contributed by atoms with Crippen molar-refractivity contribution in [2.45, 2.75) is 112 Å². The lowest BCUT2D eigenvalue weighted by atomic mass is 9.66. The van der Waals surface area contributed by atoms with E-state index in [1.807, 2.05) is 33.8 Å². The average Bonchev–Trinajstić information content (AvgIpc) is 2.82. The van der Waals surface area contributed by atoms with Crippen LogP contribution in [0.1, 0.15) is 105 Å². The molecule has 5 heteroatoms. The Morgan fingerprint density at radius 1 is 1.08 bits per heavy atom. The van der Waals surface area contributed by atoms with Crippen LogP contribution in [-0.4, -0.2) is 25.4 Å². The van der Waals surface area contributed by atoms with Gasteiger partial charge in [0.25, 0.3) is 0 Å². The van der Waals surface area contributed by atoms with Crippen molar-refractivity contribution in [3.8, 4) is 0 Å². The van der Waals surface area contributed by atoms with E-state index < -0.39 is 15.7 Å². The number of hydrogen-bond donors (Lipinski definition) is 1. The van der Waals surface area contributed by atoms with Crippen LogP contribution in [0.3, 0.4) is 0 Å². The van der Waals surface area contributed by atoms with Crippen LogP contribution in [0.25, 0.3) is 0 Å². The zero-order valence-corrected chi connectivity index (χ0v) is 25.6. The summed E-state index contributed by atoms with van der Waals surface area (Å²) in [5.74, 6) is 1.18. The van der Waals surface area contributed by atoms with Gasteiger partial charge in [-0.05, 0) is 99.0 Å². The summed E-state index contributed by atoms with van der Waals surface area (Å²) in [6, 6.07) is 6.88. The van der Waals surface area contributed by atoms with Gasteiger partial charge >= 0.3 is 10.1 Å². The highest BCUT2D eigenvalue weighted by Crippen LogP contribution is 2.41. The Morgan fingerprint density at radius 3 is 2.11 bits per heavy atom. The van der Waals surface area contributed by atoms with Gasteiger partial charge in [-0.25, -0.2) is 0 Å². The molecule has 0 aliphatic carbocycles. The quantitative estimate of drug-likeness (QED) is 0.154. The largest absolute Gasteiger partial charge is 0.390 e. The number of hydrogen-bond acceptors (Lipinski definition) is 4. The minimum Gasteiger partial charge on any atom is -0.390 e. The summed E-state index contributed by atoms with van der Waals surface area (Å²) in [6.45, 7) is 21.1. The zero-order chi connectivity index (χ0) is 27.9. The predicted octanol–water partition coefficient (Wildman–Crippen LogP) is 7.88. The minimum absolute atomic E-state index is 0.0686. The molecular formula is C31H52O4S. The third kappa shape index (κ3) is 8.21. The molecule has 206 valence electrons. The molecule has 1 aromatic carbocycles. The number of allylic oxidation sites excluding steroid dienone is 3. The fourth-order valence-corrected chi connectivity index (χ4v) is 5.78. The maximum atomic E-state index is 11.8. The fraction of sp³-hybridized carbons (Fsp3) is 0.677. The minimum atomic E-state index is -3.59. The monoisotopic (exact) mass is 520 g/mol. The van der Waals surface area contributed by atoms with Crippen molar-refractivity contribution in [2.75, 3.05) is 6.26 Å². The Kier molecular flexibility index (Phi) is 12.0. The molecule has 0 aliphatic heterocycles. The van der Waals surface area contributed by atoms with Gasteiger partial charge in [-0.2, -0.15) is 8.42 Å². The maximum absolute atomic E-state index is 11.8. The molecule has 0 aliphatic rings. The van der Waals surface area contributed by atoms with E-state index in [0.29, 0.717) is 11.7 Å². The Morgan fingerprint density at radius 2 is 1.67 bits per heavy atom. The standard InChI is InChI=1S/C31H52O4S/c1-12-22(5)29(35-36(11,33)34)19-16-25(8)31(14-3,15-4)28-18-17-27(24(7)21-28)20-23(6)26(9)30(10,32)13-2/h16-19,21,23,25-26,32H,12-15,20H2,1-11H3/b19-16-,29-22+. The van der Waals surface area contributed by atoms with Crippen LogP contribution < -0.4 is 0 Å². The summed E-state index contributed by atoms with van der Waals surface area (Å²) < 4.78 is 28.9. The van der Waals surface area contributed by atoms with Crippen molar-refractivity contribution in [1.29, 1.82) is 0 Å². The lowest BCUT2D eigenvalue weighted by molar-refractivity contribution is -0.0185. The first kappa shape index (κ1) is 32.4. The van der Waals surface area contributed by atoms with E-state index in [9.17, 15) is 13.5 Å². The average molecular weight is 521 g/mol. The van der Waals surface area contributed by atoms with E-state index in [4.69, 9.17) is 4.18 Å². The molecule has 1 aromatic rings. The van der Waals surface area contributed by atoms with Gasteiger partial charge in [-0.15, -0.1) is 0 Å². The van der Waals surface area contributed by atoms with Gasteiger partial charge in [0.1, 0.15) is 5.76 Å². The molecule has 0 radical (unpaired) electrons. The zero-order valence-electron chi connectivity index (χ0n) is 24.7. The van der Waals surface area contributed by atoms with Crippen molar-refractivity contribution in [3.63, 3.8) is 0 Å². The molecule has 0 amide bonds. The van der Waals surface area contributed by atoms with Gasteiger partial charge < -0.3 is 9.29 Å². The first-order valence-corrected chi connectivity index (χ1v) is 15.5. The summed E-state index contributed by atoms with van der Waals surface area (Å²) in [7, 11) is -3.59. The summed E-state index contributed by atoms with van der Waals surface area (Å²) in [6.07, 6.45) is 9.39. The summed E-state index contributed by atoms with van der Waals surface area (Å²) in [4.78, 5) is 0. The smallest absolute Gasteiger partial charge is 0.306 e. The van der Waals surface area contributed by atoms with Crippen LogP contribution in [0.4, 0.5) is 0 Å². The molecule has 0 bridgehead atoms. The number of rotatable bonds is 14. The highest BCUT2D eigenvalue weighted by atomic mass is 32.2. The number of aliphatic hydroxyl groups is 1. The van der Waals surface area contributed by atoms with Crippen LogP contribution in [0, 0.1) is 24.7 Å². The van der Waals surface area contributed by atoms with Crippen LogP contribution in [-0.2, 0) is 26.1 Å². The molecule has 1 N–H and O–H groups in total. The van der Waals surface area contributed by atoms with Crippen LogP contribution >= 0.6 is 0 Å². The Labute approximate surface area is 222 Å². The molecule has 4 nitrogen and oxygen atoms in total. The molecule has 0 fully saturated rings. The van der Waals surface area contributed by atoms with Gasteiger partial charge in [-0.3, -0.25) is 0 Å². The normalized spacial score (nSPS) is 17.9. The Bertz CT molecular complexity index is 1010. The lowest BCUT2D eigenvalue weighted by Crippen LogP contribution is -2.36. The Hall–Kier alpha value is -1.59. The van der Waals surface area contributed by atoms with E-state index in [0.717, 1.165) is 43.9 Å². The summed E-state index contributed by atoms with van der Waals surface area (Å²) >= 11 is 0. The first-order chi connectivity index (χ1) is 16.6. The van der Waals surface area contributed by atoms with E-state index >= 15 is 0 Å². The second-order valence-electron chi connectivity index (χ2n) is 11.1. The molecule has 0 heterocycles. The van der Waals surface area contributed by atoms with Crippen molar-refractivity contribution in [2.24, 2.45) is 17.8 Å². The topological polar surface area (TPSA) is 63.6 Å². The van der Waals surface area contributed by atoms with Crippen molar-refractivity contribution in [3.05, 3.63) is 58.4 Å². The third-order valence-corrected chi connectivity index (χ3v) is 9.35. The van der Waals surface area contributed by atoms with E-state index in [1.165, 1.54) is 16.7 Å². The molecule has 1 rings (SSSR count). The predicted molar refractivity (Wildman–Crippen MR) is 154 cm³/mol. The summed E-state index contributed by atoms with van der Waals surface area (Å²) in [5, 5.41) is 10.7. The first-order valence-electron chi connectivity index (χ1n) is 13.7. The highest BCUT2D eigenvalue weighted by molar-refractivity contribution is 7.86. The van der Waals surface area contributed by atoms with Crippen molar-refractivity contribution >= 4 is 10.1 Å². The van der Waals surface area contributed by atoms with Gasteiger partial charge in [0, 0.05) is 5.41 Å². The molecule has 4 unspecified atom stereocenters. The van der Waals surface area contributed by atoms with Crippen molar-refractivity contribution in [1.82, 2.24) is 0 Å². The highest BCUT2D eigenvalue weighted by Gasteiger charge is 2.34. The maximum Gasteiger partial charge on any atom is 0.306 e. The van der Waals surface area contributed by atoms with Gasteiger partial charge in [0.2, 0.25) is 0 Å². The molecule has 4 atom stereocenters.